The zero-order valence-corrected chi connectivity index (χ0v) is 12.7. The zero-order chi connectivity index (χ0) is 15.6. The molecular weight excluding hydrogens is 300 g/mol. The van der Waals surface area contributed by atoms with Gasteiger partial charge >= 0.3 is 5.97 Å². The van der Waals surface area contributed by atoms with Crippen LogP contribution >= 0.6 is 11.8 Å². The van der Waals surface area contributed by atoms with Crippen LogP contribution in [0.2, 0.25) is 0 Å². The summed E-state index contributed by atoms with van der Waals surface area (Å²) >= 11 is 1.65. The van der Waals surface area contributed by atoms with Crippen molar-refractivity contribution in [3.63, 3.8) is 0 Å². The van der Waals surface area contributed by atoms with Gasteiger partial charge in [0.2, 0.25) is 0 Å². The lowest BCUT2D eigenvalue weighted by Gasteiger charge is -2.06. The third kappa shape index (κ3) is 5.57. The van der Waals surface area contributed by atoms with E-state index in [4.69, 9.17) is 4.74 Å². The molecule has 1 heterocycles. The highest BCUT2D eigenvalue weighted by Gasteiger charge is 2.09. The Morgan fingerprint density at radius 3 is 2.55 bits per heavy atom. The molecule has 22 heavy (non-hydrogen) atoms. The van der Waals surface area contributed by atoms with Crippen LogP contribution in [-0.4, -0.2) is 35.8 Å². The van der Waals surface area contributed by atoms with Gasteiger partial charge in [0.15, 0.2) is 6.61 Å². The van der Waals surface area contributed by atoms with Crippen LogP contribution in [0.25, 0.3) is 0 Å². The zero-order valence-electron chi connectivity index (χ0n) is 11.9. The Balaban J connectivity index is 1.61. The highest BCUT2D eigenvalue weighted by atomic mass is 32.2. The van der Waals surface area contributed by atoms with E-state index in [0.717, 1.165) is 10.6 Å². The maximum Gasteiger partial charge on any atom is 0.338 e. The first-order chi connectivity index (χ1) is 10.8. The number of carbonyl (C=O) groups excluding carboxylic acids is 2. The lowest BCUT2D eigenvalue weighted by Crippen LogP contribution is -2.30. The van der Waals surface area contributed by atoms with Crippen LogP contribution in [0.1, 0.15) is 10.4 Å². The van der Waals surface area contributed by atoms with Gasteiger partial charge in [-0.15, -0.1) is 11.8 Å². The number of thioether (sulfide) groups is 1. The Kier molecular flexibility index (Phi) is 6.44. The van der Waals surface area contributed by atoms with E-state index in [0.29, 0.717) is 12.1 Å². The molecule has 0 aliphatic rings. The number of nitrogens with one attached hydrogen (secondary N) is 1. The molecule has 6 heteroatoms. The van der Waals surface area contributed by atoms with Crippen molar-refractivity contribution in [1.29, 1.82) is 0 Å². The van der Waals surface area contributed by atoms with Crippen molar-refractivity contribution in [2.75, 3.05) is 18.9 Å². The Bertz CT molecular complexity index is 605. The molecule has 0 atom stereocenters. The molecular formula is C16H16N2O3S. The molecule has 1 N–H and O–H groups in total. The second-order valence-electron chi connectivity index (χ2n) is 4.32. The first kappa shape index (κ1) is 16.0. The molecule has 0 saturated carbocycles. The SMILES string of the molecule is O=C(COC(=O)c1ccncc1)NCCSc1ccccc1. The summed E-state index contributed by atoms with van der Waals surface area (Å²) in [4.78, 5) is 28.2. The second-order valence-corrected chi connectivity index (χ2v) is 5.49. The van der Waals surface area contributed by atoms with Gasteiger partial charge in [-0.25, -0.2) is 4.79 Å². The van der Waals surface area contributed by atoms with Crippen molar-refractivity contribution in [1.82, 2.24) is 10.3 Å². The number of carbonyl (C=O) groups is 2. The minimum Gasteiger partial charge on any atom is -0.452 e. The molecule has 1 amide bonds. The molecule has 2 aromatic rings. The highest BCUT2D eigenvalue weighted by Crippen LogP contribution is 2.15. The van der Waals surface area contributed by atoms with Crippen LogP contribution < -0.4 is 5.32 Å². The summed E-state index contributed by atoms with van der Waals surface area (Å²) in [5, 5.41) is 2.71. The third-order valence-corrected chi connectivity index (χ3v) is 3.70. The molecule has 0 radical (unpaired) electrons. The molecule has 1 aromatic heterocycles. The highest BCUT2D eigenvalue weighted by molar-refractivity contribution is 7.99. The van der Waals surface area contributed by atoms with E-state index >= 15 is 0 Å². The van der Waals surface area contributed by atoms with Crippen LogP contribution in [-0.2, 0) is 9.53 Å². The summed E-state index contributed by atoms with van der Waals surface area (Å²) in [6, 6.07) is 13.0. The van der Waals surface area contributed by atoms with Crippen molar-refractivity contribution in [3.8, 4) is 0 Å². The number of aromatic nitrogens is 1. The van der Waals surface area contributed by atoms with Gasteiger partial charge in [-0.3, -0.25) is 9.78 Å². The molecule has 0 aliphatic carbocycles. The fraction of sp³-hybridized carbons (Fsp3) is 0.188. The topological polar surface area (TPSA) is 68.3 Å². The first-order valence-corrected chi connectivity index (χ1v) is 7.76. The molecule has 1 aromatic carbocycles. The maximum absolute atomic E-state index is 11.6. The summed E-state index contributed by atoms with van der Waals surface area (Å²) in [6.07, 6.45) is 2.99. The fourth-order valence-corrected chi connectivity index (χ4v) is 2.42. The first-order valence-electron chi connectivity index (χ1n) is 6.77. The van der Waals surface area contributed by atoms with Crippen LogP contribution in [0.4, 0.5) is 0 Å². The van der Waals surface area contributed by atoms with E-state index < -0.39 is 5.97 Å². The van der Waals surface area contributed by atoms with E-state index in [1.165, 1.54) is 24.5 Å². The summed E-state index contributed by atoms with van der Waals surface area (Å²) in [7, 11) is 0. The van der Waals surface area contributed by atoms with E-state index in [9.17, 15) is 9.59 Å². The van der Waals surface area contributed by atoms with Gasteiger partial charge in [0.25, 0.3) is 5.91 Å². The normalized spacial score (nSPS) is 10.0. The third-order valence-electron chi connectivity index (χ3n) is 2.69. The Labute approximate surface area is 133 Å². The summed E-state index contributed by atoms with van der Waals surface area (Å²) < 4.78 is 4.92. The quantitative estimate of drug-likeness (QED) is 0.481. The number of nitrogens with zero attached hydrogens (tertiary/aromatic N) is 1. The average Bonchev–Trinajstić information content (AvgIpc) is 2.58. The smallest absolute Gasteiger partial charge is 0.338 e. The Morgan fingerprint density at radius 2 is 1.82 bits per heavy atom. The lowest BCUT2D eigenvalue weighted by atomic mass is 10.3. The largest absolute Gasteiger partial charge is 0.452 e. The number of benzene rings is 1. The van der Waals surface area contributed by atoms with Crippen molar-refractivity contribution in [2.45, 2.75) is 4.90 Å². The summed E-state index contributed by atoms with van der Waals surface area (Å²) in [6.45, 7) is 0.238. The molecule has 2 rings (SSSR count). The maximum atomic E-state index is 11.6. The number of hydrogen-bond donors (Lipinski definition) is 1. The Morgan fingerprint density at radius 1 is 1.09 bits per heavy atom. The van der Waals surface area contributed by atoms with Crippen molar-refractivity contribution in [3.05, 3.63) is 60.4 Å². The van der Waals surface area contributed by atoms with Gasteiger partial charge in [-0.05, 0) is 24.3 Å². The van der Waals surface area contributed by atoms with E-state index in [1.807, 2.05) is 30.3 Å². The van der Waals surface area contributed by atoms with Gasteiger partial charge in [0.05, 0.1) is 5.56 Å². The van der Waals surface area contributed by atoms with Gasteiger partial charge in [0.1, 0.15) is 0 Å². The number of amides is 1. The van der Waals surface area contributed by atoms with E-state index in [1.54, 1.807) is 11.8 Å². The summed E-state index contributed by atoms with van der Waals surface area (Å²) in [5.74, 6) is -0.0825. The molecule has 5 nitrogen and oxygen atoms in total. The van der Waals surface area contributed by atoms with Crippen LogP contribution in [0.15, 0.2) is 59.8 Å². The lowest BCUT2D eigenvalue weighted by molar-refractivity contribution is -0.124. The number of pyridine rings is 1. The average molecular weight is 316 g/mol. The van der Waals surface area contributed by atoms with Crippen LogP contribution in [0.3, 0.4) is 0 Å². The standard InChI is InChI=1S/C16H16N2O3S/c19-15(12-21-16(20)13-6-8-17-9-7-13)18-10-11-22-14-4-2-1-3-5-14/h1-9H,10-12H2,(H,18,19). The van der Waals surface area contributed by atoms with Gasteiger partial charge in [-0.1, -0.05) is 18.2 Å². The van der Waals surface area contributed by atoms with E-state index in [-0.39, 0.29) is 12.5 Å². The molecule has 0 fully saturated rings. The summed E-state index contributed by atoms with van der Waals surface area (Å²) in [5.41, 5.74) is 0.377. The van der Waals surface area contributed by atoms with Gasteiger partial charge in [-0.2, -0.15) is 0 Å². The second kappa shape index (κ2) is 8.84. The Hall–Kier alpha value is -2.34. The molecule has 0 aliphatic heterocycles. The monoisotopic (exact) mass is 316 g/mol. The van der Waals surface area contributed by atoms with Crippen LogP contribution in [0.5, 0.6) is 0 Å². The number of ether oxygens (including phenoxy) is 1. The number of hydrogen-bond acceptors (Lipinski definition) is 5. The predicted octanol–water partition coefficient (Wildman–Crippen LogP) is 2.15. The van der Waals surface area contributed by atoms with E-state index in [2.05, 4.69) is 10.3 Å². The number of rotatable bonds is 7. The molecule has 0 spiro atoms. The van der Waals surface area contributed by atoms with Crippen molar-refractivity contribution in [2.24, 2.45) is 0 Å². The number of esters is 1. The molecule has 0 saturated heterocycles. The minimum absolute atomic E-state index is 0.281. The van der Waals surface area contributed by atoms with Gasteiger partial charge < -0.3 is 10.1 Å². The minimum atomic E-state index is -0.531. The van der Waals surface area contributed by atoms with Gasteiger partial charge in [0, 0.05) is 29.6 Å². The van der Waals surface area contributed by atoms with Crippen LogP contribution in [0, 0.1) is 0 Å². The molecule has 0 unspecified atom stereocenters. The molecule has 114 valence electrons. The van der Waals surface area contributed by atoms with Crippen molar-refractivity contribution >= 4 is 23.6 Å². The fourth-order valence-electron chi connectivity index (χ4n) is 1.63. The molecule has 0 bridgehead atoms. The predicted molar refractivity (Wildman–Crippen MR) is 84.7 cm³/mol. The van der Waals surface area contributed by atoms with Crippen molar-refractivity contribution < 1.29 is 14.3 Å².